The summed E-state index contributed by atoms with van der Waals surface area (Å²) in [5.41, 5.74) is 6.15. The highest BCUT2D eigenvalue weighted by atomic mass is 14.9. The molecular formula is C27H43N. The number of fused-ring (bicyclic) bond motifs is 5. The molecular weight excluding hydrogens is 338 g/mol. The van der Waals surface area contributed by atoms with E-state index in [0.717, 1.165) is 41.5 Å². The Balaban J connectivity index is 1.38. The van der Waals surface area contributed by atoms with Crippen molar-refractivity contribution in [3.63, 3.8) is 0 Å². The van der Waals surface area contributed by atoms with Crippen molar-refractivity contribution in [2.24, 2.45) is 40.9 Å². The van der Waals surface area contributed by atoms with Gasteiger partial charge < -0.3 is 5.32 Å². The third-order valence-corrected chi connectivity index (χ3v) is 10.3. The Morgan fingerprint density at radius 2 is 2.00 bits per heavy atom. The van der Waals surface area contributed by atoms with Gasteiger partial charge in [0.25, 0.3) is 0 Å². The highest BCUT2D eigenvalue weighted by Crippen LogP contribution is 2.63. The summed E-state index contributed by atoms with van der Waals surface area (Å²) in [7, 11) is 0. The van der Waals surface area contributed by atoms with Crippen LogP contribution in [0.2, 0.25) is 0 Å². The second-order valence-electron chi connectivity index (χ2n) is 11.6. The minimum Gasteiger partial charge on any atom is -0.313 e. The first kappa shape index (κ1) is 19.4. The van der Waals surface area contributed by atoms with Gasteiger partial charge in [-0.2, -0.15) is 0 Å². The van der Waals surface area contributed by atoms with Crippen molar-refractivity contribution in [3.05, 3.63) is 22.8 Å². The molecule has 1 N–H and O–H groups in total. The average Bonchev–Trinajstić information content (AvgIpc) is 3.09. The molecule has 0 amide bonds. The van der Waals surface area contributed by atoms with Crippen molar-refractivity contribution in [1.29, 1.82) is 0 Å². The highest BCUT2D eigenvalue weighted by molar-refractivity contribution is 5.33. The first-order chi connectivity index (χ1) is 13.5. The molecule has 1 nitrogen and oxygen atoms in total. The van der Waals surface area contributed by atoms with Crippen molar-refractivity contribution in [3.8, 4) is 0 Å². The molecule has 8 atom stereocenters. The molecule has 2 saturated carbocycles. The third kappa shape index (κ3) is 2.98. The smallest absolute Gasteiger partial charge is 0.00986 e. The highest BCUT2D eigenvalue weighted by Gasteiger charge is 2.53. The second kappa shape index (κ2) is 7.29. The topological polar surface area (TPSA) is 12.0 Å². The number of hydrogen-bond donors (Lipinski definition) is 1. The molecule has 1 aliphatic heterocycles. The van der Waals surface area contributed by atoms with Gasteiger partial charge in [0.05, 0.1) is 0 Å². The van der Waals surface area contributed by atoms with Gasteiger partial charge in [0.2, 0.25) is 0 Å². The molecule has 0 bridgehead atoms. The predicted octanol–water partition coefficient (Wildman–Crippen LogP) is 6.90. The maximum absolute atomic E-state index is 3.91. The Hall–Kier alpha value is -0.560. The van der Waals surface area contributed by atoms with E-state index in [2.05, 4.69) is 39.1 Å². The summed E-state index contributed by atoms with van der Waals surface area (Å²) in [6.07, 6.45) is 17.0. The minimum atomic E-state index is 0.536. The summed E-state index contributed by atoms with van der Waals surface area (Å²) in [6, 6.07) is 0.751. The zero-order chi connectivity index (χ0) is 19.5. The second-order valence-corrected chi connectivity index (χ2v) is 11.6. The zero-order valence-corrected chi connectivity index (χ0v) is 18.9. The van der Waals surface area contributed by atoms with E-state index in [1.807, 2.05) is 16.7 Å². The molecule has 0 spiro atoms. The first-order valence-corrected chi connectivity index (χ1v) is 12.6. The lowest BCUT2D eigenvalue weighted by molar-refractivity contribution is 0.110. The summed E-state index contributed by atoms with van der Waals surface area (Å²) in [5.74, 6) is 5.34. The zero-order valence-electron chi connectivity index (χ0n) is 18.9. The summed E-state index contributed by atoms with van der Waals surface area (Å²) in [5, 5.41) is 3.91. The number of allylic oxidation sites excluding steroid dienone is 4. The van der Waals surface area contributed by atoms with Gasteiger partial charge >= 0.3 is 0 Å². The summed E-state index contributed by atoms with van der Waals surface area (Å²) >= 11 is 0. The predicted molar refractivity (Wildman–Crippen MR) is 119 cm³/mol. The number of hydrogen-bond acceptors (Lipinski definition) is 1. The molecule has 3 fully saturated rings. The van der Waals surface area contributed by atoms with E-state index < -0.39 is 0 Å². The molecule has 4 aliphatic carbocycles. The van der Waals surface area contributed by atoms with E-state index in [-0.39, 0.29) is 0 Å². The molecule has 1 heterocycles. The average molecular weight is 382 g/mol. The fourth-order valence-corrected chi connectivity index (χ4v) is 8.46. The largest absolute Gasteiger partial charge is 0.313 e. The Labute approximate surface area is 173 Å². The van der Waals surface area contributed by atoms with Crippen molar-refractivity contribution in [2.45, 2.75) is 97.9 Å². The first-order valence-electron chi connectivity index (χ1n) is 12.6. The van der Waals surface area contributed by atoms with Crippen molar-refractivity contribution < 1.29 is 0 Å². The third-order valence-electron chi connectivity index (χ3n) is 10.3. The van der Waals surface area contributed by atoms with Gasteiger partial charge in [-0.15, -0.1) is 0 Å². The molecule has 28 heavy (non-hydrogen) atoms. The van der Waals surface area contributed by atoms with Crippen LogP contribution in [0.25, 0.3) is 0 Å². The van der Waals surface area contributed by atoms with Crippen LogP contribution in [0.1, 0.15) is 91.9 Å². The van der Waals surface area contributed by atoms with Crippen LogP contribution in [-0.4, -0.2) is 12.6 Å². The van der Waals surface area contributed by atoms with Crippen LogP contribution in [0.15, 0.2) is 22.8 Å². The lowest BCUT2D eigenvalue weighted by Crippen LogP contribution is -2.45. The number of piperidine rings is 1. The number of nitrogens with one attached hydrogen (secondary N) is 1. The fourth-order valence-electron chi connectivity index (χ4n) is 8.46. The lowest BCUT2D eigenvalue weighted by atomic mass is 9.57. The minimum absolute atomic E-state index is 0.536. The molecule has 0 aromatic carbocycles. The quantitative estimate of drug-likeness (QED) is 0.513. The van der Waals surface area contributed by atoms with Crippen molar-refractivity contribution in [1.82, 2.24) is 5.32 Å². The fraction of sp³-hybridized carbons (Fsp3) is 0.852. The standard InChI is InChI=1S/C27H43N/c1-17-8-13-26(28-16-17)19(3)21-11-12-22-23-10-9-20-7-5-6-14-27(20,4)25(23)15-24(22)18(21)2/h9,17,19,21-23,25-26,28H,5-8,10-16H2,1-4H3/t17-,19-,21+,22-,23-,25-,26+,27-/m0/s1. The molecule has 0 aromatic rings. The van der Waals surface area contributed by atoms with Crippen LogP contribution < -0.4 is 5.32 Å². The van der Waals surface area contributed by atoms with Gasteiger partial charge in [-0.25, -0.2) is 0 Å². The summed E-state index contributed by atoms with van der Waals surface area (Å²) in [4.78, 5) is 0. The molecule has 156 valence electrons. The number of rotatable bonds is 2. The van der Waals surface area contributed by atoms with E-state index in [4.69, 9.17) is 0 Å². The van der Waals surface area contributed by atoms with Crippen LogP contribution in [-0.2, 0) is 0 Å². The maximum Gasteiger partial charge on any atom is 0.00986 e. The van der Waals surface area contributed by atoms with Crippen molar-refractivity contribution in [2.75, 3.05) is 6.54 Å². The Morgan fingerprint density at radius 3 is 2.79 bits per heavy atom. The monoisotopic (exact) mass is 381 g/mol. The summed E-state index contributed by atoms with van der Waals surface area (Å²) in [6.45, 7) is 11.4. The van der Waals surface area contributed by atoms with E-state index in [1.54, 1.807) is 0 Å². The van der Waals surface area contributed by atoms with Crippen LogP contribution in [0.4, 0.5) is 0 Å². The van der Waals surface area contributed by atoms with Crippen molar-refractivity contribution >= 4 is 0 Å². The van der Waals surface area contributed by atoms with Crippen LogP contribution in [0.5, 0.6) is 0 Å². The molecule has 1 saturated heterocycles. The molecule has 5 rings (SSSR count). The SMILES string of the molecule is CC1=C2C[C@H]3[C@@H](CC=C4CCCC[C@@]43C)[C@@H]2CC[C@H]1[C@H](C)[C@H]1CC[C@H](C)CN1. The normalized spacial score (nSPS) is 47.1. The van der Waals surface area contributed by atoms with Crippen LogP contribution in [0.3, 0.4) is 0 Å². The van der Waals surface area contributed by atoms with Crippen LogP contribution in [0, 0.1) is 40.9 Å². The Kier molecular flexibility index (Phi) is 5.05. The molecule has 0 unspecified atom stereocenters. The van der Waals surface area contributed by atoms with E-state index in [0.29, 0.717) is 5.41 Å². The van der Waals surface area contributed by atoms with Gasteiger partial charge in [-0.3, -0.25) is 0 Å². The molecule has 0 radical (unpaired) electrons. The van der Waals surface area contributed by atoms with Gasteiger partial charge in [-0.1, -0.05) is 50.0 Å². The summed E-state index contributed by atoms with van der Waals surface area (Å²) < 4.78 is 0. The molecule has 5 aliphatic rings. The van der Waals surface area contributed by atoms with Gasteiger partial charge in [0, 0.05) is 6.04 Å². The Bertz CT molecular complexity index is 664. The van der Waals surface area contributed by atoms with E-state index in [1.165, 1.54) is 70.8 Å². The van der Waals surface area contributed by atoms with Gasteiger partial charge in [-0.05, 0) is 112 Å². The van der Waals surface area contributed by atoms with Gasteiger partial charge in [0.15, 0.2) is 0 Å². The molecule has 1 heteroatoms. The van der Waals surface area contributed by atoms with Crippen LogP contribution >= 0.6 is 0 Å². The van der Waals surface area contributed by atoms with E-state index >= 15 is 0 Å². The molecule has 0 aromatic heterocycles. The maximum atomic E-state index is 3.91. The lowest BCUT2D eigenvalue weighted by Gasteiger charge is -2.48. The Morgan fingerprint density at radius 1 is 1.14 bits per heavy atom. The van der Waals surface area contributed by atoms with E-state index in [9.17, 15) is 0 Å². The van der Waals surface area contributed by atoms with Gasteiger partial charge in [0.1, 0.15) is 0 Å².